The van der Waals surface area contributed by atoms with Crippen LogP contribution in [-0.2, 0) is 4.79 Å². The molecule has 0 atom stereocenters. The summed E-state index contributed by atoms with van der Waals surface area (Å²) in [7, 11) is 0. The van der Waals surface area contributed by atoms with Crippen molar-refractivity contribution in [3.8, 4) is 0 Å². The van der Waals surface area contributed by atoms with Crippen molar-refractivity contribution >= 4 is 5.97 Å². The van der Waals surface area contributed by atoms with Gasteiger partial charge in [0.25, 0.3) is 0 Å². The Morgan fingerprint density at radius 2 is 2.14 bits per heavy atom. The van der Waals surface area contributed by atoms with Crippen LogP contribution in [0.4, 0.5) is 0 Å². The second-order valence-electron chi connectivity index (χ2n) is 1.14. The number of carboxylic acids is 1. The van der Waals surface area contributed by atoms with Gasteiger partial charge in [-0.25, -0.2) is 0 Å². The van der Waals surface area contributed by atoms with Crippen LogP contribution in [0.5, 0.6) is 0 Å². The van der Waals surface area contributed by atoms with Crippen molar-refractivity contribution in [2.24, 2.45) is 0 Å². The molecule has 0 aromatic heterocycles. The van der Waals surface area contributed by atoms with E-state index in [4.69, 9.17) is 5.11 Å². The van der Waals surface area contributed by atoms with Gasteiger partial charge in [-0.15, -0.1) is 0 Å². The number of hydrogen-bond donors (Lipinski definition) is 1. The first-order chi connectivity index (χ1) is 2.77. The van der Waals surface area contributed by atoms with Gasteiger partial charge in [-0.1, -0.05) is 6.92 Å². The minimum absolute atomic E-state index is 0. The molecule has 0 aliphatic rings. The van der Waals surface area contributed by atoms with Crippen LogP contribution in [0.25, 0.3) is 0 Å². The molecule has 0 aliphatic heterocycles. The number of hydrogen-bond acceptors (Lipinski definition) is 1. The van der Waals surface area contributed by atoms with Crippen molar-refractivity contribution in [1.82, 2.24) is 0 Å². The summed E-state index contributed by atoms with van der Waals surface area (Å²) in [5.74, 6) is -0.711. The van der Waals surface area contributed by atoms with Gasteiger partial charge >= 0.3 is 5.97 Å². The summed E-state index contributed by atoms with van der Waals surface area (Å²) in [6.45, 7) is 1.84. The smallest absolute Gasteiger partial charge is 0.303 e. The van der Waals surface area contributed by atoms with Gasteiger partial charge in [0.15, 0.2) is 0 Å². The molecular weight excluding hydrogens is 230 g/mol. The van der Waals surface area contributed by atoms with E-state index in [1.807, 2.05) is 6.92 Å². The van der Waals surface area contributed by atoms with Crippen LogP contribution < -0.4 is 0 Å². The predicted octanol–water partition coefficient (Wildman–Crippen LogP) is 0.871. The molecule has 2 nitrogen and oxygen atoms in total. The first kappa shape index (κ1) is 10.7. The summed E-state index contributed by atoms with van der Waals surface area (Å²) in [6, 6.07) is 0. The molecule has 0 aromatic rings. The molecule has 0 saturated heterocycles. The molecule has 0 bridgehead atoms. The Hall–Kier alpha value is 0.808. The molecular formula is C4H8O2Sm. The fourth-order valence-electron chi connectivity index (χ4n) is 0.214. The Bertz CT molecular complexity index is 53.7. The van der Waals surface area contributed by atoms with Crippen molar-refractivity contribution < 1.29 is 50.3 Å². The topological polar surface area (TPSA) is 37.3 Å². The Kier molecular flexibility index (Phi) is 10.4. The van der Waals surface area contributed by atoms with Crippen LogP contribution in [0, 0.1) is 40.4 Å². The Morgan fingerprint density at radius 3 is 2.14 bits per heavy atom. The van der Waals surface area contributed by atoms with E-state index in [2.05, 4.69) is 0 Å². The number of aliphatic carboxylic acids is 1. The average Bonchev–Trinajstić information content (AvgIpc) is 1.35. The molecule has 0 spiro atoms. The maximum atomic E-state index is 9.60. The SMILES string of the molecule is CCCC(=O)O.[Sm]. The van der Waals surface area contributed by atoms with E-state index >= 15 is 0 Å². The largest absolute Gasteiger partial charge is 0.481 e. The maximum absolute atomic E-state index is 9.60. The molecule has 0 fully saturated rings. The van der Waals surface area contributed by atoms with Crippen LogP contribution >= 0.6 is 0 Å². The van der Waals surface area contributed by atoms with Crippen molar-refractivity contribution in [2.45, 2.75) is 19.8 Å². The number of carbonyl (C=O) groups is 1. The van der Waals surface area contributed by atoms with Crippen LogP contribution in [0.3, 0.4) is 0 Å². The summed E-state index contributed by atoms with van der Waals surface area (Å²) >= 11 is 0. The van der Waals surface area contributed by atoms with Crippen LogP contribution in [-0.4, -0.2) is 11.1 Å². The Labute approximate surface area is 75.4 Å². The summed E-state index contributed by atoms with van der Waals surface area (Å²) in [6.07, 6.45) is 1.02. The monoisotopic (exact) mass is 240 g/mol. The third-order valence-electron chi connectivity index (χ3n) is 0.464. The van der Waals surface area contributed by atoms with E-state index in [-0.39, 0.29) is 40.4 Å². The molecule has 7 heavy (non-hydrogen) atoms. The quantitative estimate of drug-likeness (QED) is 0.775. The summed E-state index contributed by atoms with van der Waals surface area (Å²) in [5.41, 5.74) is 0. The molecule has 0 amide bonds. The fraction of sp³-hybridized carbons (Fsp3) is 0.750. The first-order valence-corrected chi connectivity index (χ1v) is 1.99. The molecule has 0 heterocycles. The molecule has 0 aliphatic carbocycles. The number of carboxylic acid groups (broad SMARTS) is 1. The summed E-state index contributed by atoms with van der Waals surface area (Å²) < 4.78 is 0. The van der Waals surface area contributed by atoms with Crippen LogP contribution in [0.1, 0.15) is 19.8 Å². The van der Waals surface area contributed by atoms with Crippen LogP contribution in [0.2, 0.25) is 0 Å². The van der Waals surface area contributed by atoms with E-state index in [0.717, 1.165) is 6.42 Å². The van der Waals surface area contributed by atoms with Gasteiger partial charge < -0.3 is 5.11 Å². The Morgan fingerprint density at radius 1 is 1.71 bits per heavy atom. The third-order valence-corrected chi connectivity index (χ3v) is 0.464. The van der Waals surface area contributed by atoms with Gasteiger partial charge in [0, 0.05) is 46.8 Å². The molecule has 3 heteroatoms. The zero-order valence-electron chi connectivity index (χ0n) is 4.18. The second kappa shape index (κ2) is 6.81. The van der Waals surface area contributed by atoms with E-state index in [1.54, 1.807) is 0 Å². The van der Waals surface area contributed by atoms with Gasteiger partial charge in [-0.2, -0.15) is 0 Å². The zero-order valence-corrected chi connectivity index (χ0v) is 6.80. The molecule has 1 N–H and O–H groups in total. The summed E-state index contributed by atoms with van der Waals surface area (Å²) in [5, 5.41) is 7.91. The van der Waals surface area contributed by atoms with Crippen molar-refractivity contribution in [1.29, 1.82) is 0 Å². The first-order valence-electron chi connectivity index (χ1n) is 1.99. The predicted molar refractivity (Wildman–Crippen MR) is 22.5 cm³/mol. The third kappa shape index (κ3) is 10.9. The van der Waals surface area contributed by atoms with Gasteiger partial charge in [-0.3, -0.25) is 4.79 Å². The average molecular weight is 238 g/mol. The molecule has 0 rings (SSSR count). The van der Waals surface area contributed by atoms with Crippen molar-refractivity contribution in [2.75, 3.05) is 0 Å². The minimum atomic E-state index is -0.711. The second-order valence-corrected chi connectivity index (χ2v) is 1.14. The zero-order chi connectivity index (χ0) is 4.99. The molecule has 42 valence electrons. The van der Waals surface area contributed by atoms with E-state index in [9.17, 15) is 4.79 Å². The van der Waals surface area contributed by atoms with E-state index in [1.165, 1.54) is 0 Å². The minimum Gasteiger partial charge on any atom is -0.481 e. The van der Waals surface area contributed by atoms with Crippen LogP contribution in [0.15, 0.2) is 0 Å². The summed E-state index contributed by atoms with van der Waals surface area (Å²) in [4.78, 5) is 9.60. The molecule has 0 radical (unpaired) electrons. The molecule has 0 saturated carbocycles. The normalized spacial score (nSPS) is 7.00. The van der Waals surface area contributed by atoms with Gasteiger partial charge in [-0.05, 0) is 6.42 Å². The maximum Gasteiger partial charge on any atom is 0.303 e. The number of rotatable bonds is 2. The standard InChI is InChI=1S/C4H8O2.Sm/c1-2-3-4(5)6;/h2-3H2,1H3,(H,5,6);. The van der Waals surface area contributed by atoms with Crippen molar-refractivity contribution in [3.05, 3.63) is 0 Å². The van der Waals surface area contributed by atoms with E-state index in [0.29, 0.717) is 6.42 Å². The van der Waals surface area contributed by atoms with Gasteiger partial charge in [0.05, 0.1) is 0 Å². The Balaban J connectivity index is 0. The molecule has 0 aromatic carbocycles. The van der Waals surface area contributed by atoms with E-state index < -0.39 is 5.97 Å². The van der Waals surface area contributed by atoms with Gasteiger partial charge in [0.1, 0.15) is 0 Å². The fourth-order valence-corrected chi connectivity index (χ4v) is 0.214. The van der Waals surface area contributed by atoms with Crippen molar-refractivity contribution in [3.63, 3.8) is 0 Å². The van der Waals surface area contributed by atoms with Gasteiger partial charge in [0.2, 0.25) is 0 Å². The molecule has 0 unspecified atom stereocenters.